The van der Waals surface area contributed by atoms with Gasteiger partial charge in [-0.15, -0.1) is 0 Å². The Labute approximate surface area is 119 Å². The lowest BCUT2D eigenvalue weighted by Gasteiger charge is -2.02. The summed E-state index contributed by atoms with van der Waals surface area (Å²) < 4.78 is 5.13. The second kappa shape index (κ2) is 7.34. The molecule has 0 unspecified atom stereocenters. The fourth-order valence-corrected chi connectivity index (χ4v) is 1.82. The number of rotatable bonds is 6. The number of hydrogen-bond acceptors (Lipinski definition) is 3. The first-order chi connectivity index (χ1) is 9.81. The average Bonchev–Trinajstić information content (AvgIpc) is 2.52. The standard InChI is InChI=1S/C17H18NO2/c1-3-14-6-4-8-16(10-14)13-20-18-12-15-7-5-9-17(11-15)19-2/h4-11H,3,13H2,1-2H3. The lowest BCUT2D eigenvalue weighted by atomic mass is 10.1. The van der Waals surface area contributed by atoms with Crippen molar-refractivity contribution < 1.29 is 9.57 Å². The fraction of sp³-hybridized carbons (Fsp3) is 0.235. The molecule has 0 spiro atoms. The van der Waals surface area contributed by atoms with Crippen LogP contribution in [0.4, 0.5) is 0 Å². The SMILES string of the molecule is CCc1cccc(CO/N=[C]\c2cccc(OC)c2)c1. The molecule has 0 saturated heterocycles. The summed E-state index contributed by atoms with van der Waals surface area (Å²) in [7, 11) is 1.63. The topological polar surface area (TPSA) is 30.8 Å². The first-order valence-corrected chi connectivity index (χ1v) is 6.61. The van der Waals surface area contributed by atoms with Gasteiger partial charge in [0.1, 0.15) is 18.6 Å². The van der Waals surface area contributed by atoms with Gasteiger partial charge in [-0.25, -0.2) is 0 Å². The maximum atomic E-state index is 5.27. The lowest BCUT2D eigenvalue weighted by molar-refractivity contribution is 0.132. The number of methoxy groups -OCH3 is 1. The van der Waals surface area contributed by atoms with Crippen molar-refractivity contribution in [2.24, 2.45) is 5.16 Å². The highest BCUT2D eigenvalue weighted by Gasteiger charge is 1.96. The number of aryl methyl sites for hydroxylation is 1. The summed E-state index contributed by atoms with van der Waals surface area (Å²) in [5, 5.41) is 3.86. The van der Waals surface area contributed by atoms with Crippen LogP contribution in [-0.2, 0) is 17.9 Å². The minimum Gasteiger partial charge on any atom is -0.497 e. The molecule has 20 heavy (non-hydrogen) atoms. The minimum atomic E-state index is 0.449. The molecule has 0 fully saturated rings. The van der Waals surface area contributed by atoms with Crippen LogP contribution in [0, 0.1) is 0 Å². The smallest absolute Gasteiger partial charge is 0.142 e. The molecule has 0 aliphatic heterocycles. The third-order valence-corrected chi connectivity index (χ3v) is 2.94. The Hall–Kier alpha value is -2.29. The molecule has 0 amide bonds. The van der Waals surface area contributed by atoms with Crippen molar-refractivity contribution in [1.82, 2.24) is 0 Å². The monoisotopic (exact) mass is 268 g/mol. The Morgan fingerprint density at radius 2 is 1.85 bits per heavy atom. The first-order valence-electron chi connectivity index (χ1n) is 6.61. The predicted molar refractivity (Wildman–Crippen MR) is 80.1 cm³/mol. The van der Waals surface area contributed by atoms with Gasteiger partial charge in [-0.2, -0.15) is 0 Å². The van der Waals surface area contributed by atoms with Crippen LogP contribution in [0.2, 0.25) is 0 Å². The van der Waals surface area contributed by atoms with Crippen molar-refractivity contribution in [3.05, 3.63) is 65.2 Å². The van der Waals surface area contributed by atoms with E-state index in [2.05, 4.69) is 30.4 Å². The molecule has 0 heterocycles. The van der Waals surface area contributed by atoms with E-state index >= 15 is 0 Å². The van der Waals surface area contributed by atoms with Crippen molar-refractivity contribution >= 4 is 6.21 Å². The van der Waals surface area contributed by atoms with Gasteiger partial charge in [0.25, 0.3) is 0 Å². The van der Waals surface area contributed by atoms with Crippen molar-refractivity contribution in [3.63, 3.8) is 0 Å². The van der Waals surface area contributed by atoms with Crippen LogP contribution >= 0.6 is 0 Å². The molecule has 3 nitrogen and oxygen atoms in total. The Morgan fingerprint density at radius 1 is 1.05 bits per heavy atom. The van der Waals surface area contributed by atoms with Crippen LogP contribution < -0.4 is 4.74 Å². The molecule has 0 saturated carbocycles. The van der Waals surface area contributed by atoms with Crippen LogP contribution in [0.15, 0.2) is 53.7 Å². The summed E-state index contributed by atoms with van der Waals surface area (Å²) in [6, 6.07) is 15.8. The van der Waals surface area contributed by atoms with Gasteiger partial charge >= 0.3 is 0 Å². The second-order valence-electron chi connectivity index (χ2n) is 4.38. The summed E-state index contributed by atoms with van der Waals surface area (Å²) in [5.41, 5.74) is 3.24. The van der Waals surface area contributed by atoms with Gasteiger partial charge in [0, 0.05) is 5.56 Å². The van der Waals surface area contributed by atoms with Crippen molar-refractivity contribution in [2.75, 3.05) is 7.11 Å². The highest BCUT2D eigenvalue weighted by atomic mass is 16.6. The normalized spacial score (nSPS) is 10.7. The zero-order valence-corrected chi connectivity index (χ0v) is 11.8. The lowest BCUT2D eigenvalue weighted by Crippen LogP contribution is -1.90. The second-order valence-corrected chi connectivity index (χ2v) is 4.38. The minimum absolute atomic E-state index is 0.449. The molecule has 2 rings (SSSR count). The Bertz CT molecular complexity index is 579. The molecule has 0 bridgehead atoms. The van der Waals surface area contributed by atoms with Crippen LogP contribution in [-0.4, -0.2) is 13.3 Å². The zero-order valence-electron chi connectivity index (χ0n) is 11.8. The van der Waals surface area contributed by atoms with E-state index in [4.69, 9.17) is 9.57 Å². The molecule has 3 heteroatoms. The van der Waals surface area contributed by atoms with Gasteiger partial charge in [-0.1, -0.05) is 48.5 Å². The van der Waals surface area contributed by atoms with Crippen LogP contribution in [0.3, 0.4) is 0 Å². The van der Waals surface area contributed by atoms with Crippen molar-refractivity contribution in [1.29, 1.82) is 0 Å². The fourth-order valence-electron chi connectivity index (χ4n) is 1.82. The van der Waals surface area contributed by atoms with E-state index in [-0.39, 0.29) is 0 Å². The van der Waals surface area contributed by atoms with E-state index in [0.717, 1.165) is 23.3 Å². The van der Waals surface area contributed by atoms with E-state index in [1.807, 2.05) is 36.4 Å². The third-order valence-electron chi connectivity index (χ3n) is 2.94. The van der Waals surface area contributed by atoms with Crippen LogP contribution in [0.25, 0.3) is 0 Å². The summed E-state index contributed by atoms with van der Waals surface area (Å²) in [6.45, 7) is 2.58. The van der Waals surface area contributed by atoms with E-state index in [9.17, 15) is 0 Å². The molecule has 1 radical (unpaired) electrons. The molecular formula is C17H18NO2. The predicted octanol–water partition coefficient (Wildman–Crippen LogP) is 3.69. The van der Waals surface area contributed by atoms with Gasteiger partial charge in [0.2, 0.25) is 0 Å². The van der Waals surface area contributed by atoms with Gasteiger partial charge in [0.05, 0.1) is 7.11 Å². The summed E-state index contributed by atoms with van der Waals surface area (Å²) in [5.74, 6) is 0.779. The van der Waals surface area contributed by atoms with Gasteiger partial charge in [-0.05, 0) is 29.7 Å². The van der Waals surface area contributed by atoms with E-state index in [1.165, 1.54) is 5.56 Å². The number of ether oxygens (including phenoxy) is 1. The molecule has 0 atom stereocenters. The Morgan fingerprint density at radius 3 is 2.65 bits per heavy atom. The maximum Gasteiger partial charge on any atom is 0.142 e. The largest absolute Gasteiger partial charge is 0.497 e. The van der Waals surface area contributed by atoms with Gasteiger partial charge < -0.3 is 9.57 Å². The highest BCUT2D eigenvalue weighted by Crippen LogP contribution is 2.11. The zero-order chi connectivity index (χ0) is 14.2. The van der Waals surface area contributed by atoms with Crippen molar-refractivity contribution in [3.8, 4) is 5.75 Å². The molecule has 2 aromatic rings. The Balaban J connectivity index is 1.89. The molecule has 0 N–H and O–H groups in total. The third kappa shape index (κ3) is 4.12. The Kier molecular flexibility index (Phi) is 5.18. The maximum absolute atomic E-state index is 5.27. The van der Waals surface area contributed by atoms with Crippen LogP contribution in [0.5, 0.6) is 5.75 Å². The number of hydrogen-bond donors (Lipinski definition) is 0. The molecule has 103 valence electrons. The molecule has 0 aliphatic carbocycles. The first kappa shape index (κ1) is 14.1. The molecule has 0 aliphatic rings. The molecule has 0 aromatic heterocycles. The van der Waals surface area contributed by atoms with Crippen LogP contribution in [0.1, 0.15) is 23.6 Å². The van der Waals surface area contributed by atoms with E-state index in [0.29, 0.717) is 6.61 Å². The van der Waals surface area contributed by atoms with E-state index in [1.54, 1.807) is 7.11 Å². The summed E-state index contributed by atoms with van der Waals surface area (Å²) in [4.78, 5) is 5.27. The van der Waals surface area contributed by atoms with Gasteiger partial charge in [-0.3, -0.25) is 0 Å². The van der Waals surface area contributed by atoms with Gasteiger partial charge in [0.15, 0.2) is 0 Å². The quantitative estimate of drug-likeness (QED) is 0.591. The number of nitrogens with zero attached hydrogens (tertiary/aromatic N) is 1. The summed E-state index contributed by atoms with van der Waals surface area (Å²) in [6.07, 6.45) is 3.86. The van der Waals surface area contributed by atoms with Crippen molar-refractivity contribution in [2.45, 2.75) is 20.0 Å². The average molecular weight is 268 g/mol. The molecular weight excluding hydrogens is 250 g/mol. The molecule has 2 aromatic carbocycles. The summed E-state index contributed by atoms with van der Waals surface area (Å²) >= 11 is 0. The van der Waals surface area contributed by atoms with E-state index < -0.39 is 0 Å². The number of benzene rings is 2. The highest BCUT2D eigenvalue weighted by molar-refractivity contribution is 5.79.